The number of carbonyl (C=O) groups is 1. The normalized spacial score (nSPS) is 20.1. The zero-order valence-electron chi connectivity index (χ0n) is 15.4. The van der Waals surface area contributed by atoms with Crippen LogP contribution in [-0.2, 0) is 9.53 Å². The molecule has 4 rings (SSSR count). The van der Waals surface area contributed by atoms with Gasteiger partial charge in [-0.25, -0.2) is 9.38 Å². The Morgan fingerprint density at radius 2 is 2.00 bits per heavy atom. The maximum absolute atomic E-state index is 14.6. The van der Waals surface area contributed by atoms with Gasteiger partial charge in [0.25, 0.3) is 5.91 Å². The number of nitrogens with one attached hydrogen (secondary N) is 1. The molecule has 28 heavy (non-hydrogen) atoms. The van der Waals surface area contributed by atoms with E-state index in [1.165, 1.54) is 17.8 Å². The number of aliphatic imine (C=N–C) groups is 1. The van der Waals surface area contributed by atoms with Crippen LogP contribution in [0, 0.1) is 12.7 Å². The fraction of sp³-hybridized carbons (Fsp3) is 0.238. The number of aryl methyl sites for hydroxylation is 1. The Labute approximate surface area is 167 Å². The van der Waals surface area contributed by atoms with Gasteiger partial charge in [-0.15, -0.1) is 0 Å². The minimum Gasteiger partial charge on any atom is -0.378 e. The maximum Gasteiger partial charge on any atom is 0.264 e. The third-order valence-electron chi connectivity index (χ3n) is 4.61. The molecular formula is C21H20FN3O2S. The largest absolute Gasteiger partial charge is 0.378 e. The molecule has 7 heteroatoms. The molecule has 2 aromatic carbocycles. The molecule has 2 saturated heterocycles. The van der Waals surface area contributed by atoms with Gasteiger partial charge in [0, 0.05) is 13.1 Å². The fourth-order valence-corrected chi connectivity index (χ4v) is 3.94. The van der Waals surface area contributed by atoms with Crippen molar-refractivity contribution in [2.75, 3.05) is 31.2 Å². The van der Waals surface area contributed by atoms with E-state index in [9.17, 15) is 9.18 Å². The molecule has 2 aliphatic heterocycles. The van der Waals surface area contributed by atoms with Crippen LogP contribution in [0.4, 0.5) is 15.8 Å². The van der Waals surface area contributed by atoms with E-state index in [2.05, 4.69) is 10.3 Å². The van der Waals surface area contributed by atoms with Gasteiger partial charge in [0.15, 0.2) is 5.17 Å². The molecule has 1 amide bonds. The first kappa shape index (κ1) is 18.7. The molecule has 2 fully saturated rings. The number of carbonyl (C=O) groups excluding carboxylic acids is 1. The van der Waals surface area contributed by atoms with Gasteiger partial charge in [0.05, 0.1) is 29.5 Å². The fourth-order valence-electron chi connectivity index (χ4n) is 3.10. The third-order valence-corrected chi connectivity index (χ3v) is 5.52. The highest BCUT2D eigenvalue weighted by molar-refractivity contribution is 8.18. The lowest BCUT2D eigenvalue weighted by atomic mass is 10.1. The molecule has 2 aliphatic rings. The lowest BCUT2D eigenvalue weighted by Crippen LogP contribution is -2.36. The van der Waals surface area contributed by atoms with E-state index in [0.29, 0.717) is 47.6 Å². The zero-order chi connectivity index (χ0) is 19.5. The van der Waals surface area contributed by atoms with Gasteiger partial charge >= 0.3 is 0 Å². The van der Waals surface area contributed by atoms with Gasteiger partial charge in [0.1, 0.15) is 5.82 Å². The van der Waals surface area contributed by atoms with Crippen molar-refractivity contribution in [3.63, 3.8) is 0 Å². The third kappa shape index (κ3) is 4.10. The quantitative estimate of drug-likeness (QED) is 0.799. The smallest absolute Gasteiger partial charge is 0.264 e. The number of thioether (sulfide) groups is 1. The first-order valence-corrected chi connectivity index (χ1v) is 9.89. The van der Waals surface area contributed by atoms with Gasteiger partial charge in [-0.1, -0.05) is 24.3 Å². The van der Waals surface area contributed by atoms with Gasteiger partial charge in [-0.05, 0) is 54.1 Å². The highest BCUT2D eigenvalue weighted by atomic mass is 32.2. The monoisotopic (exact) mass is 397 g/mol. The van der Waals surface area contributed by atoms with E-state index in [1.807, 2.05) is 42.2 Å². The van der Waals surface area contributed by atoms with E-state index < -0.39 is 0 Å². The van der Waals surface area contributed by atoms with Crippen molar-refractivity contribution < 1.29 is 13.9 Å². The molecule has 2 aromatic rings. The summed E-state index contributed by atoms with van der Waals surface area (Å²) in [5, 5.41) is 3.29. The Hall–Kier alpha value is -2.64. The zero-order valence-corrected chi connectivity index (χ0v) is 16.3. The average molecular weight is 397 g/mol. The van der Waals surface area contributed by atoms with Crippen molar-refractivity contribution in [3.8, 4) is 0 Å². The number of rotatable bonds is 3. The molecule has 0 saturated carbocycles. The standard InChI is InChI=1S/C21H20FN3O2S/c1-14-4-2-3-5-17(14)23-21-24-20(26)19(28-21)13-15-6-7-18(16(22)12-15)25-8-10-27-11-9-25/h2-7,12-13H,8-11H2,1H3,(H,23,24,26)/b19-13-. The molecular weight excluding hydrogens is 377 g/mol. The highest BCUT2D eigenvalue weighted by Gasteiger charge is 2.24. The predicted molar refractivity (Wildman–Crippen MR) is 111 cm³/mol. The van der Waals surface area contributed by atoms with Crippen molar-refractivity contribution >= 4 is 40.3 Å². The highest BCUT2D eigenvalue weighted by Crippen LogP contribution is 2.30. The van der Waals surface area contributed by atoms with Crippen LogP contribution in [0.5, 0.6) is 0 Å². The van der Waals surface area contributed by atoms with Crippen LogP contribution in [0.1, 0.15) is 11.1 Å². The van der Waals surface area contributed by atoms with E-state index >= 15 is 0 Å². The summed E-state index contributed by atoms with van der Waals surface area (Å²) in [5.41, 5.74) is 3.05. The summed E-state index contributed by atoms with van der Waals surface area (Å²) in [4.78, 5) is 19.2. The van der Waals surface area contributed by atoms with Crippen molar-refractivity contribution in [1.29, 1.82) is 0 Å². The predicted octanol–water partition coefficient (Wildman–Crippen LogP) is 3.86. The molecule has 0 unspecified atom stereocenters. The molecule has 0 aliphatic carbocycles. The number of halogens is 1. The summed E-state index contributed by atoms with van der Waals surface area (Å²) in [6, 6.07) is 12.8. The number of amidine groups is 1. The van der Waals surface area contributed by atoms with E-state index in [0.717, 1.165) is 11.3 Å². The van der Waals surface area contributed by atoms with Crippen molar-refractivity contribution in [3.05, 3.63) is 64.3 Å². The Bertz CT molecular complexity index is 968. The molecule has 0 atom stereocenters. The van der Waals surface area contributed by atoms with Crippen LogP contribution in [0.25, 0.3) is 6.08 Å². The second-order valence-corrected chi connectivity index (χ2v) is 7.61. The number of nitrogens with zero attached hydrogens (tertiary/aromatic N) is 2. The number of anilines is 1. The van der Waals surface area contributed by atoms with E-state index in [-0.39, 0.29) is 11.7 Å². The van der Waals surface area contributed by atoms with Crippen LogP contribution < -0.4 is 10.2 Å². The van der Waals surface area contributed by atoms with Gasteiger partial charge in [-0.2, -0.15) is 0 Å². The Balaban J connectivity index is 1.53. The van der Waals surface area contributed by atoms with Crippen molar-refractivity contribution in [2.45, 2.75) is 6.92 Å². The average Bonchev–Trinajstić information content (AvgIpc) is 3.03. The second kappa shape index (κ2) is 8.16. The summed E-state index contributed by atoms with van der Waals surface area (Å²) in [6.45, 7) is 4.52. The second-order valence-electron chi connectivity index (χ2n) is 6.58. The van der Waals surface area contributed by atoms with E-state index in [4.69, 9.17) is 4.74 Å². The van der Waals surface area contributed by atoms with Crippen LogP contribution >= 0.6 is 11.8 Å². The molecule has 144 valence electrons. The van der Waals surface area contributed by atoms with E-state index in [1.54, 1.807) is 12.1 Å². The maximum atomic E-state index is 14.6. The number of para-hydroxylation sites is 1. The van der Waals surface area contributed by atoms with Gasteiger partial charge in [0.2, 0.25) is 0 Å². The number of hydrogen-bond acceptors (Lipinski definition) is 5. The minimum absolute atomic E-state index is 0.227. The molecule has 5 nitrogen and oxygen atoms in total. The minimum atomic E-state index is -0.298. The van der Waals surface area contributed by atoms with Crippen molar-refractivity contribution in [1.82, 2.24) is 5.32 Å². The molecule has 0 bridgehead atoms. The summed E-state index contributed by atoms with van der Waals surface area (Å²) < 4.78 is 19.9. The van der Waals surface area contributed by atoms with Crippen molar-refractivity contribution in [2.24, 2.45) is 4.99 Å². The topological polar surface area (TPSA) is 53.9 Å². The lowest BCUT2D eigenvalue weighted by Gasteiger charge is -2.29. The number of hydrogen-bond donors (Lipinski definition) is 1. The van der Waals surface area contributed by atoms with Crippen LogP contribution in [0.15, 0.2) is 52.4 Å². The summed E-state index contributed by atoms with van der Waals surface area (Å²) in [5.74, 6) is -0.525. The van der Waals surface area contributed by atoms with Gasteiger partial charge < -0.3 is 15.0 Å². The van der Waals surface area contributed by atoms with Gasteiger partial charge in [-0.3, -0.25) is 4.79 Å². The van der Waals surface area contributed by atoms with Crippen LogP contribution in [0.3, 0.4) is 0 Å². The molecule has 0 radical (unpaired) electrons. The summed E-state index contributed by atoms with van der Waals surface area (Å²) in [7, 11) is 0. The molecule has 2 heterocycles. The molecule has 0 spiro atoms. The lowest BCUT2D eigenvalue weighted by molar-refractivity contribution is -0.115. The Kier molecular flexibility index (Phi) is 5.45. The Morgan fingerprint density at radius 1 is 1.21 bits per heavy atom. The Morgan fingerprint density at radius 3 is 2.75 bits per heavy atom. The molecule has 1 N–H and O–H groups in total. The SMILES string of the molecule is Cc1ccccc1N=C1NC(=O)/C(=C/c2ccc(N3CCOCC3)c(F)c2)S1. The summed E-state index contributed by atoms with van der Waals surface area (Å²) in [6.07, 6.45) is 1.69. The number of benzene rings is 2. The molecule has 0 aromatic heterocycles. The number of amides is 1. The van der Waals surface area contributed by atoms with Crippen LogP contribution in [0.2, 0.25) is 0 Å². The summed E-state index contributed by atoms with van der Waals surface area (Å²) >= 11 is 1.26. The first-order chi connectivity index (χ1) is 13.6. The van der Waals surface area contributed by atoms with Crippen LogP contribution in [-0.4, -0.2) is 37.4 Å². The first-order valence-electron chi connectivity index (χ1n) is 9.07. The number of ether oxygens (including phenoxy) is 1. The number of morpholine rings is 1.